The number of carboxylic acids is 1. The lowest BCUT2D eigenvalue weighted by atomic mass is 10.0. The highest BCUT2D eigenvalue weighted by Gasteiger charge is 2.31. The Morgan fingerprint density at radius 3 is 2.52 bits per heavy atom. The van der Waals surface area contributed by atoms with Gasteiger partial charge in [-0.1, -0.05) is 24.3 Å². The van der Waals surface area contributed by atoms with E-state index in [1.807, 2.05) is 6.07 Å². The molecule has 0 radical (unpaired) electrons. The fourth-order valence-electron chi connectivity index (χ4n) is 3.44. The summed E-state index contributed by atoms with van der Waals surface area (Å²) in [5.74, 6) is -1.66. The van der Waals surface area contributed by atoms with Gasteiger partial charge in [-0.15, -0.1) is 0 Å². The molecule has 0 atom stereocenters. The van der Waals surface area contributed by atoms with Crippen molar-refractivity contribution in [3.05, 3.63) is 83.2 Å². The summed E-state index contributed by atoms with van der Waals surface area (Å²) >= 11 is 0. The van der Waals surface area contributed by atoms with Gasteiger partial charge in [0.25, 0.3) is 10.0 Å². The fraction of sp³-hybridized carbons (Fsp3) is 0.130. The molecular formula is C23H17FN2O4S. The number of nitriles is 1. The minimum atomic E-state index is -4.19. The number of anilines is 1. The van der Waals surface area contributed by atoms with Gasteiger partial charge in [0.15, 0.2) is 0 Å². The van der Waals surface area contributed by atoms with E-state index in [0.29, 0.717) is 16.7 Å². The van der Waals surface area contributed by atoms with Crippen LogP contribution in [0.1, 0.15) is 40.2 Å². The lowest BCUT2D eigenvalue weighted by Gasteiger charge is -2.16. The van der Waals surface area contributed by atoms with Crippen molar-refractivity contribution >= 4 is 21.7 Å². The number of hydrogen-bond acceptors (Lipinski definition) is 4. The minimum Gasteiger partial charge on any atom is -0.478 e. The second-order valence-electron chi connectivity index (χ2n) is 7.32. The zero-order valence-corrected chi connectivity index (χ0v) is 17.0. The van der Waals surface area contributed by atoms with E-state index in [0.717, 1.165) is 18.9 Å². The SMILES string of the molecule is N#Cc1ccc(-c2cccc(F)c2)c(NS(=O)(=O)c2cc(C(=O)O)ccc2C2CC2)c1. The first kappa shape index (κ1) is 20.6. The first-order chi connectivity index (χ1) is 14.8. The molecule has 0 unspecified atom stereocenters. The van der Waals surface area contributed by atoms with Crippen molar-refractivity contribution < 1.29 is 22.7 Å². The summed E-state index contributed by atoms with van der Waals surface area (Å²) in [5, 5.41) is 18.6. The Labute approximate surface area is 178 Å². The summed E-state index contributed by atoms with van der Waals surface area (Å²) in [7, 11) is -4.19. The van der Waals surface area contributed by atoms with Crippen LogP contribution in [0.15, 0.2) is 65.6 Å². The molecule has 1 aliphatic rings. The number of aromatic carboxylic acids is 1. The highest BCUT2D eigenvalue weighted by molar-refractivity contribution is 7.92. The van der Waals surface area contributed by atoms with Gasteiger partial charge in [-0.05, 0) is 66.3 Å². The lowest BCUT2D eigenvalue weighted by molar-refractivity contribution is 0.0696. The Hall–Kier alpha value is -3.70. The molecule has 0 saturated heterocycles. The molecule has 3 aromatic carbocycles. The van der Waals surface area contributed by atoms with Crippen molar-refractivity contribution in [2.75, 3.05) is 4.72 Å². The number of halogens is 1. The van der Waals surface area contributed by atoms with Gasteiger partial charge in [0, 0.05) is 5.56 Å². The van der Waals surface area contributed by atoms with Crippen molar-refractivity contribution in [2.24, 2.45) is 0 Å². The molecule has 31 heavy (non-hydrogen) atoms. The van der Waals surface area contributed by atoms with E-state index in [2.05, 4.69) is 4.72 Å². The van der Waals surface area contributed by atoms with Gasteiger partial charge in [-0.2, -0.15) is 5.26 Å². The normalized spacial score (nSPS) is 13.4. The number of sulfonamides is 1. The Kier molecular flexibility index (Phi) is 5.21. The quantitative estimate of drug-likeness (QED) is 0.580. The van der Waals surface area contributed by atoms with E-state index >= 15 is 0 Å². The molecule has 3 aromatic rings. The monoisotopic (exact) mass is 436 g/mol. The second-order valence-corrected chi connectivity index (χ2v) is 8.97. The van der Waals surface area contributed by atoms with Gasteiger partial charge in [0.2, 0.25) is 0 Å². The van der Waals surface area contributed by atoms with Crippen LogP contribution in [0.4, 0.5) is 10.1 Å². The zero-order valence-electron chi connectivity index (χ0n) is 16.2. The third-order valence-corrected chi connectivity index (χ3v) is 6.52. The van der Waals surface area contributed by atoms with Crippen LogP contribution in [0.3, 0.4) is 0 Å². The fourth-order valence-corrected chi connectivity index (χ4v) is 4.83. The molecule has 8 heteroatoms. The molecule has 0 spiro atoms. The van der Waals surface area contributed by atoms with Crippen molar-refractivity contribution in [3.8, 4) is 17.2 Å². The van der Waals surface area contributed by atoms with E-state index in [9.17, 15) is 28.0 Å². The highest BCUT2D eigenvalue weighted by Crippen LogP contribution is 2.43. The van der Waals surface area contributed by atoms with Gasteiger partial charge < -0.3 is 5.11 Å². The van der Waals surface area contributed by atoms with Gasteiger partial charge in [0.05, 0.1) is 27.8 Å². The average molecular weight is 436 g/mol. The van der Waals surface area contributed by atoms with Crippen LogP contribution in [0.5, 0.6) is 0 Å². The molecule has 1 aliphatic carbocycles. The van der Waals surface area contributed by atoms with E-state index in [-0.39, 0.29) is 27.6 Å². The summed E-state index contributed by atoms with van der Waals surface area (Å²) in [5.41, 5.74) is 1.57. The third-order valence-electron chi connectivity index (χ3n) is 5.10. The maximum Gasteiger partial charge on any atom is 0.335 e. The first-order valence-corrected chi connectivity index (χ1v) is 11.0. The highest BCUT2D eigenvalue weighted by atomic mass is 32.2. The largest absolute Gasteiger partial charge is 0.478 e. The molecule has 0 bridgehead atoms. The number of benzene rings is 3. The minimum absolute atomic E-state index is 0.0579. The Morgan fingerprint density at radius 1 is 1.10 bits per heavy atom. The maximum atomic E-state index is 13.8. The molecule has 2 N–H and O–H groups in total. The van der Waals surface area contributed by atoms with E-state index < -0.39 is 21.8 Å². The summed E-state index contributed by atoms with van der Waals surface area (Å²) in [6, 6.07) is 16.1. The van der Waals surface area contributed by atoms with Gasteiger partial charge >= 0.3 is 5.97 Å². The Balaban J connectivity index is 1.83. The van der Waals surface area contributed by atoms with Gasteiger partial charge in [0.1, 0.15) is 5.82 Å². The molecule has 156 valence electrons. The van der Waals surface area contributed by atoms with Crippen LogP contribution < -0.4 is 4.72 Å². The lowest BCUT2D eigenvalue weighted by Crippen LogP contribution is -2.16. The molecule has 0 amide bonds. The van der Waals surface area contributed by atoms with E-state index in [1.165, 1.54) is 42.5 Å². The predicted octanol–water partition coefficient (Wildman–Crippen LogP) is 4.74. The number of hydrogen-bond donors (Lipinski definition) is 2. The topological polar surface area (TPSA) is 107 Å². The van der Waals surface area contributed by atoms with E-state index in [1.54, 1.807) is 12.1 Å². The standard InChI is InChI=1S/C23H17FN2O4S/c24-18-3-1-2-16(11-18)19-8-4-14(13-25)10-21(19)26-31(29,30)22-12-17(23(27)28)7-9-20(22)15-5-6-15/h1-4,7-12,15,26H,5-6H2,(H,27,28). The molecule has 6 nitrogen and oxygen atoms in total. The van der Waals surface area contributed by atoms with Gasteiger partial charge in [-0.3, -0.25) is 4.72 Å². The molecular weight excluding hydrogens is 419 g/mol. The van der Waals surface area contributed by atoms with Crippen LogP contribution in [0.2, 0.25) is 0 Å². The average Bonchev–Trinajstić information content (AvgIpc) is 3.58. The summed E-state index contributed by atoms with van der Waals surface area (Å²) in [6.07, 6.45) is 1.65. The first-order valence-electron chi connectivity index (χ1n) is 9.48. The molecule has 1 fully saturated rings. The number of carbonyl (C=O) groups is 1. The number of nitrogens with one attached hydrogen (secondary N) is 1. The van der Waals surface area contributed by atoms with Crippen LogP contribution in [0, 0.1) is 17.1 Å². The summed E-state index contributed by atoms with van der Waals surface area (Å²) in [6.45, 7) is 0. The second kappa shape index (κ2) is 7.85. The number of carboxylic acid groups (broad SMARTS) is 1. The zero-order chi connectivity index (χ0) is 22.2. The van der Waals surface area contributed by atoms with Crippen LogP contribution in [-0.4, -0.2) is 19.5 Å². The van der Waals surface area contributed by atoms with Crippen LogP contribution in [-0.2, 0) is 10.0 Å². The van der Waals surface area contributed by atoms with Crippen LogP contribution in [0.25, 0.3) is 11.1 Å². The molecule has 0 heterocycles. The number of nitrogens with zero attached hydrogens (tertiary/aromatic N) is 1. The third kappa shape index (κ3) is 4.27. The molecule has 0 aromatic heterocycles. The Bertz CT molecular complexity index is 1340. The smallest absolute Gasteiger partial charge is 0.335 e. The van der Waals surface area contributed by atoms with Crippen molar-refractivity contribution in [1.82, 2.24) is 0 Å². The summed E-state index contributed by atoms with van der Waals surface area (Å²) < 4.78 is 42.9. The van der Waals surface area contributed by atoms with Crippen LogP contribution >= 0.6 is 0 Å². The van der Waals surface area contributed by atoms with Crippen molar-refractivity contribution in [1.29, 1.82) is 5.26 Å². The van der Waals surface area contributed by atoms with Crippen molar-refractivity contribution in [3.63, 3.8) is 0 Å². The summed E-state index contributed by atoms with van der Waals surface area (Å²) in [4.78, 5) is 11.3. The van der Waals surface area contributed by atoms with Gasteiger partial charge in [-0.25, -0.2) is 17.6 Å². The van der Waals surface area contributed by atoms with E-state index in [4.69, 9.17) is 0 Å². The molecule has 4 rings (SSSR count). The molecule has 1 saturated carbocycles. The predicted molar refractivity (Wildman–Crippen MR) is 113 cm³/mol. The maximum absolute atomic E-state index is 13.8. The van der Waals surface area contributed by atoms with Crippen molar-refractivity contribution in [2.45, 2.75) is 23.7 Å². The Morgan fingerprint density at radius 2 is 1.87 bits per heavy atom. The number of rotatable bonds is 6. The molecule has 0 aliphatic heterocycles.